The highest BCUT2D eigenvalue weighted by atomic mass is 15.3. The van der Waals surface area contributed by atoms with Crippen molar-refractivity contribution < 1.29 is 0 Å². The number of rotatable bonds is 2. The van der Waals surface area contributed by atoms with E-state index >= 15 is 0 Å². The summed E-state index contributed by atoms with van der Waals surface area (Å²) < 4.78 is 2.00. The van der Waals surface area contributed by atoms with Crippen molar-refractivity contribution in [2.24, 2.45) is 5.41 Å². The third-order valence-corrected chi connectivity index (χ3v) is 6.33. The first-order chi connectivity index (χ1) is 11.7. The lowest BCUT2D eigenvalue weighted by Crippen LogP contribution is -2.60. The SMILES string of the molecule is Cc1cnn(-c2ccc3c(c2)CCC3N2CC3(CCNCC3)C2)c1. The third-order valence-electron chi connectivity index (χ3n) is 6.33. The average molecular weight is 322 g/mol. The number of nitrogens with one attached hydrogen (secondary N) is 1. The van der Waals surface area contributed by atoms with Crippen molar-refractivity contribution >= 4 is 0 Å². The van der Waals surface area contributed by atoms with E-state index in [1.807, 2.05) is 10.9 Å². The Morgan fingerprint density at radius 2 is 2.04 bits per heavy atom. The molecule has 1 unspecified atom stereocenters. The molecule has 2 saturated heterocycles. The predicted molar refractivity (Wildman–Crippen MR) is 95.5 cm³/mol. The van der Waals surface area contributed by atoms with Crippen molar-refractivity contribution in [3.8, 4) is 5.69 Å². The van der Waals surface area contributed by atoms with E-state index in [1.165, 1.54) is 68.7 Å². The summed E-state index contributed by atoms with van der Waals surface area (Å²) in [6.07, 6.45) is 9.24. The fourth-order valence-electron chi connectivity index (χ4n) is 4.97. The highest BCUT2D eigenvalue weighted by Crippen LogP contribution is 2.47. The summed E-state index contributed by atoms with van der Waals surface area (Å²) in [7, 11) is 0. The van der Waals surface area contributed by atoms with Crippen molar-refractivity contribution in [1.82, 2.24) is 20.0 Å². The maximum Gasteiger partial charge on any atom is 0.0648 e. The molecule has 1 aliphatic carbocycles. The Morgan fingerprint density at radius 1 is 1.21 bits per heavy atom. The standard InChI is InChI=1S/C20H26N4/c1-15-11-22-24(12-15)17-3-4-18-16(10-17)2-5-19(18)23-13-20(14-23)6-8-21-9-7-20/h3-4,10-12,19,21H,2,5-9,13-14H2,1H3. The molecular weight excluding hydrogens is 296 g/mol. The van der Waals surface area contributed by atoms with Gasteiger partial charge in [-0.15, -0.1) is 0 Å². The van der Waals surface area contributed by atoms with Gasteiger partial charge in [-0.3, -0.25) is 4.90 Å². The van der Waals surface area contributed by atoms with Crippen LogP contribution in [0.4, 0.5) is 0 Å². The fourth-order valence-corrected chi connectivity index (χ4v) is 4.97. The zero-order chi connectivity index (χ0) is 16.1. The molecule has 5 rings (SSSR count). The Labute approximate surface area is 143 Å². The summed E-state index contributed by atoms with van der Waals surface area (Å²) in [6, 6.07) is 7.59. The number of aromatic nitrogens is 2. The van der Waals surface area contributed by atoms with Crippen molar-refractivity contribution in [3.05, 3.63) is 47.3 Å². The summed E-state index contributed by atoms with van der Waals surface area (Å²) >= 11 is 0. The van der Waals surface area contributed by atoms with Gasteiger partial charge in [0.25, 0.3) is 0 Å². The summed E-state index contributed by atoms with van der Waals surface area (Å²) in [5, 5.41) is 7.96. The van der Waals surface area contributed by atoms with Crippen molar-refractivity contribution in [2.45, 2.75) is 38.6 Å². The van der Waals surface area contributed by atoms with Crippen LogP contribution >= 0.6 is 0 Å². The maximum absolute atomic E-state index is 4.45. The van der Waals surface area contributed by atoms with Crippen LogP contribution in [0.15, 0.2) is 30.6 Å². The fraction of sp³-hybridized carbons (Fsp3) is 0.550. The van der Waals surface area contributed by atoms with Gasteiger partial charge in [-0.1, -0.05) is 6.07 Å². The summed E-state index contributed by atoms with van der Waals surface area (Å²) in [6.45, 7) is 7.12. The van der Waals surface area contributed by atoms with Crippen LogP contribution in [0.1, 0.15) is 42.0 Å². The van der Waals surface area contributed by atoms with Crippen LogP contribution in [0.5, 0.6) is 0 Å². The average Bonchev–Trinajstić information content (AvgIpc) is 3.19. The molecule has 126 valence electrons. The largest absolute Gasteiger partial charge is 0.317 e. The molecule has 0 amide bonds. The number of aryl methyl sites for hydroxylation is 2. The molecule has 2 aromatic rings. The predicted octanol–water partition coefficient (Wildman–Crippen LogP) is 2.85. The number of hydrogen-bond donors (Lipinski definition) is 1. The Bertz CT molecular complexity index is 749. The van der Waals surface area contributed by atoms with E-state index in [4.69, 9.17) is 0 Å². The number of likely N-dealkylation sites (tertiary alicyclic amines) is 1. The van der Waals surface area contributed by atoms with Gasteiger partial charge in [0.1, 0.15) is 0 Å². The Hall–Kier alpha value is -1.65. The maximum atomic E-state index is 4.45. The molecule has 1 atom stereocenters. The van der Waals surface area contributed by atoms with Gasteiger partial charge in [-0.25, -0.2) is 4.68 Å². The number of piperidine rings is 1. The molecule has 24 heavy (non-hydrogen) atoms. The molecular formula is C20H26N4. The first-order valence-electron chi connectivity index (χ1n) is 9.32. The van der Waals surface area contributed by atoms with Crippen LogP contribution in [0.25, 0.3) is 5.69 Å². The van der Waals surface area contributed by atoms with E-state index in [2.05, 4.69) is 46.6 Å². The third kappa shape index (κ3) is 2.32. The minimum absolute atomic E-state index is 0.626. The number of benzene rings is 1. The summed E-state index contributed by atoms with van der Waals surface area (Å²) in [4.78, 5) is 2.73. The van der Waals surface area contributed by atoms with Gasteiger partial charge < -0.3 is 5.32 Å². The van der Waals surface area contributed by atoms with Crippen molar-refractivity contribution in [1.29, 1.82) is 0 Å². The molecule has 0 radical (unpaired) electrons. The number of nitrogens with zero attached hydrogens (tertiary/aromatic N) is 3. The highest BCUT2D eigenvalue weighted by molar-refractivity contribution is 5.44. The Balaban J connectivity index is 1.34. The number of fused-ring (bicyclic) bond motifs is 1. The summed E-state index contributed by atoms with van der Waals surface area (Å²) in [5.41, 5.74) is 6.12. The van der Waals surface area contributed by atoms with E-state index < -0.39 is 0 Å². The van der Waals surface area contributed by atoms with Crippen molar-refractivity contribution in [3.63, 3.8) is 0 Å². The van der Waals surface area contributed by atoms with Crippen LogP contribution in [-0.4, -0.2) is 40.9 Å². The zero-order valence-electron chi connectivity index (χ0n) is 14.5. The number of hydrogen-bond acceptors (Lipinski definition) is 3. The smallest absolute Gasteiger partial charge is 0.0648 e. The quantitative estimate of drug-likeness (QED) is 0.923. The topological polar surface area (TPSA) is 33.1 Å². The van der Waals surface area contributed by atoms with Crippen LogP contribution in [0.3, 0.4) is 0 Å². The molecule has 1 N–H and O–H groups in total. The molecule has 3 aliphatic rings. The molecule has 0 bridgehead atoms. The molecule has 1 aromatic carbocycles. The second kappa shape index (κ2) is 5.43. The van der Waals surface area contributed by atoms with Gasteiger partial charge >= 0.3 is 0 Å². The highest BCUT2D eigenvalue weighted by Gasteiger charge is 2.46. The van der Waals surface area contributed by atoms with E-state index in [9.17, 15) is 0 Å². The van der Waals surface area contributed by atoms with E-state index in [0.29, 0.717) is 11.5 Å². The Kier molecular flexibility index (Phi) is 3.32. The van der Waals surface area contributed by atoms with Crippen LogP contribution < -0.4 is 5.32 Å². The lowest BCUT2D eigenvalue weighted by Gasteiger charge is -2.55. The minimum Gasteiger partial charge on any atom is -0.317 e. The van der Waals surface area contributed by atoms with Gasteiger partial charge in [0.2, 0.25) is 0 Å². The first-order valence-corrected chi connectivity index (χ1v) is 9.32. The Morgan fingerprint density at radius 3 is 2.79 bits per heavy atom. The second-order valence-electron chi connectivity index (χ2n) is 8.05. The molecule has 1 spiro atoms. The van der Waals surface area contributed by atoms with E-state index in [1.54, 1.807) is 5.56 Å². The van der Waals surface area contributed by atoms with Crippen molar-refractivity contribution in [2.75, 3.05) is 26.2 Å². The second-order valence-corrected chi connectivity index (χ2v) is 8.05. The molecule has 0 saturated carbocycles. The molecule has 4 heteroatoms. The first kappa shape index (κ1) is 14.7. The van der Waals surface area contributed by atoms with Gasteiger partial charge in [0.15, 0.2) is 0 Å². The molecule has 2 fully saturated rings. The van der Waals surface area contributed by atoms with Gasteiger partial charge in [0.05, 0.1) is 11.9 Å². The van der Waals surface area contributed by atoms with E-state index in [-0.39, 0.29) is 0 Å². The summed E-state index contributed by atoms with van der Waals surface area (Å²) in [5.74, 6) is 0. The molecule has 1 aromatic heterocycles. The minimum atomic E-state index is 0.626. The van der Waals surface area contributed by atoms with Crippen LogP contribution in [0.2, 0.25) is 0 Å². The van der Waals surface area contributed by atoms with Crippen LogP contribution in [0, 0.1) is 12.3 Å². The molecule has 3 heterocycles. The molecule has 4 nitrogen and oxygen atoms in total. The van der Waals surface area contributed by atoms with Gasteiger partial charge in [-0.05, 0) is 79.9 Å². The monoisotopic (exact) mass is 322 g/mol. The molecule has 2 aliphatic heterocycles. The van der Waals surface area contributed by atoms with Gasteiger partial charge in [-0.2, -0.15) is 5.10 Å². The van der Waals surface area contributed by atoms with Gasteiger partial charge in [0, 0.05) is 25.3 Å². The lowest BCUT2D eigenvalue weighted by molar-refractivity contribution is -0.0512. The van der Waals surface area contributed by atoms with Crippen LogP contribution in [-0.2, 0) is 6.42 Å². The lowest BCUT2D eigenvalue weighted by atomic mass is 9.71. The van der Waals surface area contributed by atoms with E-state index in [0.717, 1.165) is 0 Å². The zero-order valence-corrected chi connectivity index (χ0v) is 14.5. The normalized spacial score (nSPS) is 25.6.